The van der Waals surface area contributed by atoms with Gasteiger partial charge in [-0.25, -0.2) is 0 Å². The molecule has 6 nitrogen and oxygen atoms in total. The average molecular weight is 354 g/mol. The number of piperidine rings is 1. The molecule has 3 aliphatic rings. The SMILES string of the molecule is COc1cc(CN2CC3CC(C2)c2cccc(=O)n2C3)cc2c1OCO2. The molecule has 1 fully saturated rings. The van der Waals surface area contributed by atoms with Crippen LogP contribution in [0.5, 0.6) is 17.2 Å². The van der Waals surface area contributed by atoms with E-state index in [0.717, 1.165) is 43.2 Å². The molecule has 136 valence electrons. The van der Waals surface area contributed by atoms with Crippen molar-refractivity contribution in [3.8, 4) is 17.2 Å². The molecule has 2 aromatic rings. The number of rotatable bonds is 3. The van der Waals surface area contributed by atoms with Crippen LogP contribution in [0.4, 0.5) is 0 Å². The van der Waals surface area contributed by atoms with E-state index in [9.17, 15) is 4.79 Å². The topological polar surface area (TPSA) is 52.9 Å². The predicted molar refractivity (Wildman–Crippen MR) is 95.9 cm³/mol. The fourth-order valence-electron chi connectivity index (χ4n) is 4.66. The molecule has 4 heterocycles. The van der Waals surface area contributed by atoms with Crippen molar-refractivity contribution in [2.75, 3.05) is 27.0 Å². The van der Waals surface area contributed by atoms with Crippen LogP contribution in [0.1, 0.15) is 23.6 Å². The van der Waals surface area contributed by atoms with Gasteiger partial charge in [0.05, 0.1) is 7.11 Å². The average Bonchev–Trinajstić information content (AvgIpc) is 3.10. The smallest absolute Gasteiger partial charge is 0.250 e. The Morgan fingerprint density at radius 1 is 1.19 bits per heavy atom. The molecular formula is C20H22N2O4. The number of ether oxygens (including phenoxy) is 3. The Bertz CT molecular complexity index is 907. The molecule has 2 unspecified atom stereocenters. The van der Waals surface area contributed by atoms with Gasteiger partial charge in [0.2, 0.25) is 12.5 Å². The second-order valence-electron chi connectivity index (χ2n) is 7.42. The van der Waals surface area contributed by atoms with E-state index in [-0.39, 0.29) is 12.4 Å². The van der Waals surface area contributed by atoms with E-state index in [4.69, 9.17) is 14.2 Å². The number of likely N-dealkylation sites (tertiary alicyclic amines) is 1. The highest BCUT2D eigenvalue weighted by atomic mass is 16.7. The zero-order valence-electron chi connectivity index (χ0n) is 14.8. The van der Waals surface area contributed by atoms with Crippen LogP contribution in [0.2, 0.25) is 0 Å². The highest BCUT2D eigenvalue weighted by molar-refractivity contribution is 5.55. The first-order valence-electron chi connectivity index (χ1n) is 9.10. The molecule has 1 saturated heterocycles. The van der Waals surface area contributed by atoms with Gasteiger partial charge in [0, 0.05) is 43.9 Å². The Balaban J connectivity index is 1.40. The second-order valence-corrected chi connectivity index (χ2v) is 7.42. The summed E-state index contributed by atoms with van der Waals surface area (Å²) in [5.41, 5.74) is 2.48. The fourth-order valence-corrected chi connectivity index (χ4v) is 4.66. The lowest BCUT2D eigenvalue weighted by molar-refractivity contribution is 0.114. The largest absolute Gasteiger partial charge is 0.493 e. The zero-order chi connectivity index (χ0) is 17.7. The van der Waals surface area contributed by atoms with Crippen LogP contribution >= 0.6 is 0 Å². The number of nitrogens with zero attached hydrogens (tertiary/aromatic N) is 2. The summed E-state index contributed by atoms with van der Waals surface area (Å²) in [5.74, 6) is 3.13. The third kappa shape index (κ3) is 2.56. The maximum atomic E-state index is 12.2. The van der Waals surface area contributed by atoms with Crippen molar-refractivity contribution in [1.82, 2.24) is 9.47 Å². The van der Waals surface area contributed by atoms with Crippen molar-refractivity contribution < 1.29 is 14.2 Å². The molecule has 0 saturated carbocycles. The van der Waals surface area contributed by atoms with Gasteiger partial charge in [-0.3, -0.25) is 9.69 Å². The standard InChI is InChI=1S/C20H22N2O4/c1-24-17-6-13(7-18-20(17)26-12-25-18)8-21-9-14-5-15(11-21)16-3-2-4-19(23)22(16)10-14/h2-4,6-7,14-15H,5,8-12H2,1H3. The molecule has 0 aliphatic carbocycles. The first-order chi connectivity index (χ1) is 12.7. The molecule has 0 spiro atoms. The van der Waals surface area contributed by atoms with Crippen LogP contribution < -0.4 is 19.8 Å². The van der Waals surface area contributed by atoms with E-state index in [0.29, 0.717) is 17.6 Å². The summed E-state index contributed by atoms with van der Waals surface area (Å²) in [6.45, 7) is 3.89. The maximum Gasteiger partial charge on any atom is 0.250 e. The number of hydrogen-bond donors (Lipinski definition) is 0. The molecule has 1 aromatic heterocycles. The lowest BCUT2D eigenvalue weighted by Crippen LogP contribution is -2.46. The molecule has 3 aliphatic heterocycles. The molecule has 0 N–H and O–H groups in total. The van der Waals surface area contributed by atoms with Crippen LogP contribution in [-0.2, 0) is 13.1 Å². The Morgan fingerprint density at radius 2 is 2.12 bits per heavy atom. The minimum absolute atomic E-state index is 0.131. The molecule has 26 heavy (non-hydrogen) atoms. The summed E-state index contributed by atoms with van der Waals surface area (Å²) in [5, 5.41) is 0. The van der Waals surface area contributed by atoms with Crippen molar-refractivity contribution >= 4 is 0 Å². The Kier molecular flexibility index (Phi) is 3.67. The van der Waals surface area contributed by atoms with E-state index < -0.39 is 0 Å². The van der Waals surface area contributed by atoms with E-state index in [2.05, 4.69) is 11.0 Å². The number of aromatic nitrogens is 1. The minimum Gasteiger partial charge on any atom is -0.493 e. The first-order valence-corrected chi connectivity index (χ1v) is 9.10. The van der Waals surface area contributed by atoms with Gasteiger partial charge in [0.25, 0.3) is 5.56 Å². The molecule has 2 atom stereocenters. The Morgan fingerprint density at radius 3 is 3.00 bits per heavy atom. The monoisotopic (exact) mass is 354 g/mol. The van der Waals surface area contributed by atoms with Gasteiger partial charge in [-0.2, -0.15) is 0 Å². The van der Waals surface area contributed by atoms with E-state index >= 15 is 0 Å². The number of benzene rings is 1. The fraction of sp³-hybridized carbons (Fsp3) is 0.450. The molecule has 6 heteroatoms. The Labute approximate surface area is 151 Å². The number of pyridine rings is 1. The van der Waals surface area contributed by atoms with Gasteiger partial charge in [-0.15, -0.1) is 0 Å². The summed E-state index contributed by atoms with van der Waals surface area (Å²) in [6.07, 6.45) is 1.17. The van der Waals surface area contributed by atoms with E-state index in [1.54, 1.807) is 13.2 Å². The van der Waals surface area contributed by atoms with Crippen LogP contribution in [0, 0.1) is 5.92 Å². The summed E-state index contributed by atoms with van der Waals surface area (Å²) in [4.78, 5) is 14.6. The predicted octanol–water partition coefficient (Wildman–Crippen LogP) is 2.20. The van der Waals surface area contributed by atoms with Crippen molar-refractivity contribution in [3.05, 3.63) is 51.9 Å². The van der Waals surface area contributed by atoms with E-state index in [1.807, 2.05) is 22.8 Å². The quantitative estimate of drug-likeness (QED) is 0.846. The van der Waals surface area contributed by atoms with Crippen molar-refractivity contribution in [3.63, 3.8) is 0 Å². The number of hydrogen-bond acceptors (Lipinski definition) is 5. The van der Waals surface area contributed by atoms with Crippen LogP contribution in [0.3, 0.4) is 0 Å². The van der Waals surface area contributed by atoms with Crippen molar-refractivity contribution in [2.45, 2.75) is 25.4 Å². The van der Waals surface area contributed by atoms with Gasteiger partial charge < -0.3 is 18.8 Å². The van der Waals surface area contributed by atoms with Gasteiger partial charge >= 0.3 is 0 Å². The minimum atomic E-state index is 0.131. The van der Waals surface area contributed by atoms with Crippen molar-refractivity contribution in [1.29, 1.82) is 0 Å². The highest BCUT2D eigenvalue weighted by Gasteiger charge is 2.34. The lowest BCUT2D eigenvalue weighted by atomic mass is 9.83. The lowest BCUT2D eigenvalue weighted by Gasteiger charge is -2.42. The van der Waals surface area contributed by atoms with Crippen LogP contribution in [-0.4, -0.2) is 36.5 Å². The summed E-state index contributed by atoms with van der Waals surface area (Å²) in [6, 6.07) is 9.75. The Hall–Kier alpha value is -2.47. The van der Waals surface area contributed by atoms with Crippen LogP contribution in [0.25, 0.3) is 0 Å². The molecular weight excluding hydrogens is 332 g/mol. The first kappa shape index (κ1) is 15.8. The summed E-state index contributed by atoms with van der Waals surface area (Å²) < 4.78 is 18.5. The van der Waals surface area contributed by atoms with E-state index in [1.165, 1.54) is 12.1 Å². The highest BCUT2D eigenvalue weighted by Crippen LogP contribution is 2.42. The normalized spacial score (nSPS) is 23.6. The van der Waals surface area contributed by atoms with Gasteiger partial charge in [0.1, 0.15) is 0 Å². The van der Waals surface area contributed by atoms with Gasteiger partial charge in [-0.05, 0) is 36.1 Å². The van der Waals surface area contributed by atoms with Gasteiger partial charge in [-0.1, -0.05) is 6.07 Å². The third-order valence-electron chi connectivity index (χ3n) is 5.68. The summed E-state index contributed by atoms with van der Waals surface area (Å²) >= 11 is 0. The molecule has 2 bridgehead atoms. The zero-order valence-corrected chi connectivity index (χ0v) is 14.8. The number of fused-ring (bicyclic) bond motifs is 5. The molecule has 0 amide bonds. The van der Waals surface area contributed by atoms with Crippen molar-refractivity contribution in [2.24, 2.45) is 5.92 Å². The maximum absolute atomic E-state index is 12.2. The van der Waals surface area contributed by atoms with Gasteiger partial charge in [0.15, 0.2) is 11.5 Å². The summed E-state index contributed by atoms with van der Waals surface area (Å²) in [7, 11) is 1.65. The molecule has 5 rings (SSSR count). The third-order valence-corrected chi connectivity index (χ3v) is 5.68. The molecule has 1 aromatic carbocycles. The molecule has 0 radical (unpaired) electrons. The van der Waals surface area contributed by atoms with Crippen LogP contribution in [0.15, 0.2) is 35.1 Å². The number of methoxy groups -OCH3 is 1. The second kappa shape index (κ2) is 6.06.